The lowest BCUT2D eigenvalue weighted by atomic mass is 10.0. The molecular formula is C29H34N4O6S. The number of aromatic nitrogens is 2. The van der Waals surface area contributed by atoms with Crippen LogP contribution in [0, 0.1) is 5.92 Å². The van der Waals surface area contributed by atoms with Crippen LogP contribution in [0.4, 0.5) is 4.79 Å². The first-order valence-corrected chi connectivity index (χ1v) is 14.5. The van der Waals surface area contributed by atoms with Gasteiger partial charge in [-0.2, -0.15) is 4.31 Å². The van der Waals surface area contributed by atoms with E-state index in [4.69, 9.17) is 9.37 Å². The third kappa shape index (κ3) is 7.23. The highest BCUT2D eigenvalue weighted by atomic mass is 32.2. The van der Waals surface area contributed by atoms with E-state index in [0.717, 1.165) is 11.1 Å². The first-order chi connectivity index (χ1) is 19.1. The molecule has 0 spiro atoms. The summed E-state index contributed by atoms with van der Waals surface area (Å²) in [7, 11) is -4.11. The minimum absolute atomic E-state index is 0.0474. The molecule has 0 bridgehead atoms. The van der Waals surface area contributed by atoms with Crippen molar-refractivity contribution in [2.24, 2.45) is 5.92 Å². The zero-order chi connectivity index (χ0) is 28.7. The Morgan fingerprint density at radius 2 is 1.62 bits per heavy atom. The van der Waals surface area contributed by atoms with Gasteiger partial charge in [0.25, 0.3) is 0 Å². The molecule has 2 N–H and O–H groups in total. The van der Waals surface area contributed by atoms with Crippen LogP contribution in [0.2, 0.25) is 0 Å². The number of ether oxygens (including phenoxy) is 1. The third-order valence-electron chi connectivity index (χ3n) is 6.45. The number of carbonyl (C=O) groups excluding carboxylic acids is 1. The Balaban J connectivity index is 1.57. The van der Waals surface area contributed by atoms with Crippen molar-refractivity contribution in [3.8, 4) is 0 Å². The van der Waals surface area contributed by atoms with E-state index in [1.807, 2.05) is 74.5 Å². The van der Waals surface area contributed by atoms with Gasteiger partial charge in [0.15, 0.2) is 5.52 Å². The predicted octanol–water partition coefficient (Wildman–Crippen LogP) is 4.33. The minimum atomic E-state index is -4.11. The summed E-state index contributed by atoms with van der Waals surface area (Å²) in [6.45, 7) is 5.39. The number of carbonyl (C=O) groups is 1. The number of amides is 1. The third-order valence-corrected chi connectivity index (χ3v) is 8.31. The normalized spacial score (nSPS) is 14.2. The Bertz CT molecular complexity index is 1490. The van der Waals surface area contributed by atoms with Gasteiger partial charge in [0, 0.05) is 13.1 Å². The van der Waals surface area contributed by atoms with E-state index in [9.17, 15) is 18.3 Å². The van der Waals surface area contributed by atoms with E-state index in [-0.39, 0.29) is 35.8 Å². The number of hydrogen-bond donors (Lipinski definition) is 2. The summed E-state index contributed by atoms with van der Waals surface area (Å²) < 4.78 is 39.2. The number of nitrogens with one attached hydrogen (secondary N) is 1. The molecule has 3 aromatic carbocycles. The molecule has 40 heavy (non-hydrogen) atoms. The number of aliphatic hydroxyl groups is 1. The van der Waals surface area contributed by atoms with Crippen LogP contribution in [0.1, 0.15) is 38.0 Å². The van der Waals surface area contributed by atoms with Gasteiger partial charge in [-0.1, -0.05) is 80.6 Å². The molecule has 0 aliphatic carbocycles. The number of rotatable bonds is 12. The fourth-order valence-electron chi connectivity index (χ4n) is 4.43. The van der Waals surface area contributed by atoms with Crippen molar-refractivity contribution >= 4 is 27.1 Å². The van der Waals surface area contributed by atoms with Gasteiger partial charge in [0.2, 0.25) is 10.0 Å². The molecule has 0 fully saturated rings. The lowest BCUT2D eigenvalue weighted by Gasteiger charge is -2.30. The molecule has 10 nitrogen and oxygen atoms in total. The molecule has 0 aliphatic rings. The monoisotopic (exact) mass is 566 g/mol. The Hall–Kier alpha value is -3.80. The van der Waals surface area contributed by atoms with Gasteiger partial charge in [0.05, 0.1) is 12.1 Å². The lowest BCUT2D eigenvalue weighted by Crippen LogP contribution is -2.51. The van der Waals surface area contributed by atoms with Crippen LogP contribution >= 0.6 is 0 Å². The standard InChI is InChI=1S/C29H34N4O6S/c1-20(2)18-33(40(36,37)27-16-10-15-24-28(27)32-39-31-24)19-26(34)25(17-22-11-6-4-7-12-22)30-29(35)38-21(3)23-13-8-5-9-14-23/h4-16,20-21,25-26,34H,17-19H2,1-3H3,(H,30,35)/t21-,25+,26-/m1/s1. The van der Waals surface area contributed by atoms with E-state index in [0.29, 0.717) is 5.52 Å². The highest BCUT2D eigenvalue weighted by molar-refractivity contribution is 7.89. The van der Waals surface area contributed by atoms with Crippen molar-refractivity contribution in [1.29, 1.82) is 0 Å². The van der Waals surface area contributed by atoms with Crippen molar-refractivity contribution in [2.75, 3.05) is 13.1 Å². The quantitative estimate of drug-likeness (QED) is 0.259. The van der Waals surface area contributed by atoms with Crippen molar-refractivity contribution in [3.05, 3.63) is 90.0 Å². The average Bonchev–Trinajstić information content (AvgIpc) is 3.42. The molecule has 3 atom stereocenters. The highest BCUT2D eigenvalue weighted by Gasteiger charge is 2.33. The zero-order valence-electron chi connectivity index (χ0n) is 22.7. The Morgan fingerprint density at radius 3 is 2.30 bits per heavy atom. The van der Waals surface area contributed by atoms with E-state index in [1.165, 1.54) is 10.4 Å². The molecule has 1 amide bonds. The molecule has 0 radical (unpaired) electrons. The maximum Gasteiger partial charge on any atom is 0.408 e. The second-order valence-corrected chi connectivity index (χ2v) is 12.0. The number of hydrogen-bond acceptors (Lipinski definition) is 8. The maximum atomic E-state index is 13.8. The number of nitrogens with zero attached hydrogens (tertiary/aromatic N) is 3. The van der Waals surface area contributed by atoms with Crippen LogP contribution in [-0.2, 0) is 21.2 Å². The smallest absolute Gasteiger partial charge is 0.408 e. The molecule has 4 aromatic rings. The second kappa shape index (κ2) is 13.0. The number of fused-ring (bicyclic) bond motifs is 1. The highest BCUT2D eigenvalue weighted by Crippen LogP contribution is 2.25. The Kier molecular flexibility index (Phi) is 9.51. The van der Waals surface area contributed by atoms with Gasteiger partial charge < -0.3 is 15.2 Å². The zero-order valence-corrected chi connectivity index (χ0v) is 23.5. The van der Waals surface area contributed by atoms with Gasteiger partial charge >= 0.3 is 6.09 Å². The van der Waals surface area contributed by atoms with E-state index in [2.05, 4.69) is 15.6 Å². The first kappa shape index (κ1) is 29.2. The van der Waals surface area contributed by atoms with Gasteiger partial charge in [-0.25, -0.2) is 17.8 Å². The molecule has 1 heterocycles. The Labute approximate surface area is 234 Å². The van der Waals surface area contributed by atoms with E-state index >= 15 is 0 Å². The molecule has 212 valence electrons. The maximum absolute atomic E-state index is 13.8. The topological polar surface area (TPSA) is 135 Å². The van der Waals surface area contributed by atoms with Gasteiger partial charge in [-0.3, -0.25) is 0 Å². The molecule has 0 aliphatic heterocycles. The van der Waals surface area contributed by atoms with Crippen LogP contribution in [-0.4, -0.2) is 59.5 Å². The second-order valence-electron chi connectivity index (χ2n) is 10.1. The molecule has 1 aromatic heterocycles. The molecule has 4 rings (SSSR count). The van der Waals surface area contributed by atoms with Gasteiger partial charge in [-0.15, -0.1) is 0 Å². The molecule has 0 saturated carbocycles. The SMILES string of the molecule is CC(C)CN(C[C@@H](O)[C@H](Cc1ccccc1)NC(=O)O[C@H](C)c1ccccc1)S(=O)(=O)c1cccc2nonc12. The van der Waals surface area contributed by atoms with Crippen molar-refractivity contribution in [2.45, 2.75) is 50.3 Å². The van der Waals surface area contributed by atoms with Gasteiger partial charge in [-0.05, 0) is 52.8 Å². The fraction of sp³-hybridized carbons (Fsp3) is 0.345. The predicted molar refractivity (Wildman–Crippen MR) is 150 cm³/mol. The number of sulfonamides is 1. The summed E-state index contributed by atoms with van der Waals surface area (Å²) in [4.78, 5) is 12.9. The van der Waals surface area contributed by atoms with Crippen LogP contribution in [0.25, 0.3) is 11.0 Å². The molecule has 0 unspecified atom stereocenters. The van der Waals surface area contributed by atoms with Gasteiger partial charge in [0.1, 0.15) is 16.5 Å². The molecular weight excluding hydrogens is 532 g/mol. The average molecular weight is 567 g/mol. The minimum Gasteiger partial charge on any atom is -0.442 e. The van der Waals surface area contributed by atoms with E-state index < -0.39 is 34.4 Å². The first-order valence-electron chi connectivity index (χ1n) is 13.1. The number of aliphatic hydroxyl groups excluding tert-OH is 1. The van der Waals surface area contributed by atoms with Crippen molar-refractivity contribution in [1.82, 2.24) is 19.9 Å². The summed E-state index contributed by atoms with van der Waals surface area (Å²) in [5.41, 5.74) is 2.11. The van der Waals surface area contributed by atoms with Crippen LogP contribution < -0.4 is 5.32 Å². The largest absolute Gasteiger partial charge is 0.442 e. The summed E-state index contributed by atoms with van der Waals surface area (Å²) in [6, 6.07) is 22.4. The van der Waals surface area contributed by atoms with Crippen molar-refractivity contribution < 1.29 is 27.7 Å². The Morgan fingerprint density at radius 1 is 0.950 bits per heavy atom. The lowest BCUT2D eigenvalue weighted by molar-refractivity contribution is 0.0752. The number of alkyl carbamates (subject to hydrolysis) is 1. The van der Waals surface area contributed by atoms with Crippen LogP contribution in [0.5, 0.6) is 0 Å². The van der Waals surface area contributed by atoms with E-state index in [1.54, 1.807) is 19.1 Å². The van der Waals surface area contributed by atoms with Crippen LogP contribution in [0.15, 0.2) is 88.4 Å². The summed E-state index contributed by atoms with van der Waals surface area (Å²) in [5.74, 6) is -0.0474. The molecule has 0 saturated heterocycles. The summed E-state index contributed by atoms with van der Waals surface area (Å²) in [6.07, 6.45) is -2.24. The van der Waals surface area contributed by atoms with Crippen LogP contribution in [0.3, 0.4) is 0 Å². The number of benzene rings is 3. The summed E-state index contributed by atoms with van der Waals surface area (Å²) in [5, 5.41) is 21.7. The van der Waals surface area contributed by atoms with Crippen molar-refractivity contribution in [3.63, 3.8) is 0 Å². The fourth-order valence-corrected chi connectivity index (χ4v) is 6.19. The summed E-state index contributed by atoms with van der Waals surface area (Å²) >= 11 is 0. The molecule has 11 heteroatoms.